The summed E-state index contributed by atoms with van der Waals surface area (Å²) in [7, 11) is 4.00. The highest BCUT2D eigenvalue weighted by Gasteiger charge is 2.25. The molecule has 4 nitrogen and oxygen atoms in total. The predicted molar refractivity (Wildman–Crippen MR) is 93.9 cm³/mol. The van der Waals surface area contributed by atoms with Crippen LogP contribution in [0.2, 0.25) is 0 Å². The molecule has 1 aliphatic rings. The van der Waals surface area contributed by atoms with Crippen molar-refractivity contribution in [3.63, 3.8) is 0 Å². The van der Waals surface area contributed by atoms with Gasteiger partial charge in [-0.2, -0.15) is 0 Å². The second kappa shape index (κ2) is 7.40. The summed E-state index contributed by atoms with van der Waals surface area (Å²) in [6, 6.07) is 6.70. The number of hydrogen-bond acceptors (Lipinski definition) is 4. The Hall–Kier alpha value is -1.79. The van der Waals surface area contributed by atoms with E-state index in [0.717, 1.165) is 36.5 Å². The molecule has 1 fully saturated rings. The molecule has 1 aromatic heterocycles. The van der Waals surface area contributed by atoms with E-state index in [9.17, 15) is 9.18 Å². The zero-order valence-corrected chi connectivity index (χ0v) is 14.9. The van der Waals surface area contributed by atoms with Crippen LogP contribution in [0.15, 0.2) is 30.5 Å². The normalized spacial score (nSPS) is 16.3. The van der Waals surface area contributed by atoms with E-state index in [1.54, 1.807) is 18.3 Å². The van der Waals surface area contributed by atoms with Gasteiger partial charge in [-0.25, -0.2) is 9.37 Å². The summed E-state index contributed by atoms with van der Waals surface area (Å²) in [6.07, 6.45) is 4.31. The smallest absolute Gasteiger partial charge is 0.265 e. The molecule has 0 saturated carbocycles. The van der Waals surface area contributed by atoms with Crippen molar-refractivity contribution in [3.05, 3.63) is 51.7 Å². The van der Waals surface area contributed by atoms with Gasteiger partial charge in [0.2, 0.25) is 0 Å². The van der Waals surface area contributed by atoms with Crippen LogP contribution < -0.4 is 0 Å². The monoisotopic (exact) mass is 347 g/mol. The van der Waals surface area contributed by atoms with Crippen molar-refractivity contribution in [3.8, 4) is 0 Å². The molecule has 0 spiro atoms. The fourth-order valence-electron chi connectivity index (χ4n) is 2.99. The topological polar surface area (TPSA) is 36.4 Å². The number of amides is 1. The maximum Gasteiger partial charge on any atom is 0.265 e. The van der Waals surface area contributed by atoms with E-state index < -0.39 is 0 Å². The van der Waals surface area contributed by atoms with E-state index >= 15 is 0 Å². The van der Waals surface area contributed by atoms with Gasteiger partial charge in [0.25, 0.3) is 5.91 Å². The van der Waals surface area contributed by atoms with Gasteiger partial charge >= 0.3 is 0 Å². The number of benzene rings is 1. The molecular weight excluding hydrogens is 325 g/mol. The van der Waals surface area contributed by atoms with Gasteiger partial charge in [-0.3, -0.25) is 4.79 Å². The summed E-state index contributed by atoms with van der Waals surface area (Å²) in [5.41, 5.74) is 0.994. The molecule has 6 heteroatoms. The second-order valence-corrected chi connectivity index (χ2v) is 7.49. The van der Waals surface area contributed by atoms with Gasteiger partial charge in [0.15, 0.2) is 0 Å². The number of piperidine rings is 1. The van der Waals surface area contributed by atoms with Gasteiger partial charge in [0, 0.05) is 19.5 Å². The number of aromatic nitrogens is 1. The van der Waals surface area contributed by atoms with E-state index in [1.165, 1.54) is 23.5 Å². The Balaban J connectivity index is 1.63. The molecule has 0 atom stereocenters. The summed E-state index contributed by atoms with van der Waals surface area (Å²) in [5.74, 6) is -0.194. The van der Waals surface area contributed by atoms with Gasteiger partial charge in [0.1, 0.15) is 10.7 Å². The lowest BCUT2D eigenvalue weighted by molar-refractivity contribution is 0.0664. The van der Waals surface area contributed by atoms with Crippen LogP contribution in [0.25, 0.3) is 0 Å². The van der Waals surface area contributed by atoms with Crippen LogP contribution in [0.3, 0.4) is 0 Å². The Kier molecular flexibility index (Phi) is 5.26. The molecule has 128 valence electrons. The van der Waals surface area contributed by atoms with Crippen LogP contribution in [0.1, 0.15) is 33.1 Å². The SMILES string of the molecule is CN1CCC(N(C)C(=O)c2cnc(Cc3ccc(F)cc3)s2)CC1. The van der Waals surface area contributed by atoms with Crippen molar-refractivity contribution in [2.45, 2.75) is 25.3 Å². The van der Waals surface area contributed by atoms with E-state index in [-0.39, 0.29) is 11.7 Å². The molecule has 24 heavy (non-hydrogen) atoms. The predicted octanol–water partition coefficient (Wildman–Crippen LogP) is 3.04. The minimum absolute atomic E-state index is 0.0485. The summed E-state index contributed by atoms with van der Waals surface area (Å²) < 4.78 is 13.0. The van der Waals surface area contributed by atoms with E-state index in [0.29, 0.717) is 17.3 Å². The number of carbonyl (C=O) groups is 1. The lowest BCUT2D eigenvalue weighted by Crippen LogP contribution is -2.44. The third-order valence-electron chi connectivity index (χ3n) is 4.59. The Bertz CT molecular complexity index is 693. The number of rotatable bonds is 4. The number of nitrogens with zero attached hydrogens (tertiary/aromatic N) is 3. The van der Waals surface area contributed by atoms with Gasteiger partial charge in [0.05, 0.1) is 11.2 Å². The van der Waals surface area contributed by atoms with Crippen LogP contribution in [0.5, 0.6) is 0 Å². The molecule has 1 saturated heterocycles. The molecular formula is C18H22FN3OS. The van der Waals surface area contributed by atoms with Gasteiger partial charge in [-0.15, -0.1) is 11.3 Å². The first-order valence-corrected chi connectivity index (χ1v) is 8.99. The molecule has 1 aliphatic heterocycles. The van der Waals surface area contributed by atoms with Crippen molar-refractivity contribution in [1.82, 2.24) is 14.8 Å². The zero-order chi connectivity index (χ0) is 17.1. The lowest BCUT2D eigenvalue weighted by atomic mass is 10.0. The summed E-state index contributed by atoms with van der Waals surface area (Å²) in [4.78, 5) is 21.9. The van der Waals surface area contributed by atoms with Crippen LogP contribution in [-0.2, 0) is 6.42 Å². The molecule has 3 rings (SSSR count). The quantitative estimate of drug-likeness (QED) is 0.853. The maximum absolute atomic E-state index is 13.0. The Morgan fingerprint density at radius 2 is 2.00 bits per heavy atom. The first-order chi connectivity index (χ1) is 11.5. The number of hydrogen-bond donors (Lipinski definition) is 0. The molecule has 2 heterocycles. The minimum Gasteiger partial charge on any atom is -0.338 e. The van der Waals surface area contributed by atoms with E-state index in [2.05, 4.69) is 16.9 Å². The highest BCUT2D eigenvalue weighted by Crippen LogP contribution is 2.21. The van der Waals surface area contributed by atoms with Crippen molar-refractivity contribution in [2.75, 3.05) is 27.2 Å². The first-order valence-electron chi connectivity index (χ1n) is 8.18. The molecule has 0 radical (unpaired) electrons. The Labute approximate surface area is 145 Å². The highest BCUT2D eigenvalue weighted by molar-refractivity contribution is 7.13. The number of halogens is 1. The molecule has 1 amide bonds. The zero-order valence-electron chi connectivity index (χ0n) is 14.0. The maximum atomic E-state index is 13.0. The first kappa shape index (κ1) is 17.0. The summed E-state index contributed by atoms with van der Waals surface area (Å²) in [6.45, 7) is 2.06. The largest absolute Gasteiger partial charge is 0.338 e. The van der Waals surface area contributed by atoms with Crippen molar-refractivity contribution in [1.29, 1.82) is 0 Å². The van der Waals surface area contributed by atoms with Crippen molar-refractivity contribution >= 4 is 17.2 Å². The van der Waals surface area contributed by atoms with Crippen molar-refractivity contribution < 1.29 is 9.18 Å². The van der Waals surface area contributed by atoms with E-state index in [1.807, 2.05) is 11.9 Å². The minimum atomic E-state index is -0.242. The van der Waals surface area contributed by atoms with Crippen LogP contribution in [0, 0.1) is 5.82 Å². The van der Waals surface area contributed by atoms with Crippen molar-refractivity contribution in [2.24, 2.45) is 0 Å². The molecule has 0 aliphatic carbocycles. The molecule has 0 N–H and O–H groups in total. The molecule has 0 bridgehead atoms. The third kappa shape index (κ3) is 3.99. The second-order valence-electron chi connectivity index (χ2n) is 6.37. The fraction of sp³-hybridized carbons (Fsp3) is 0.444. The van der Waals surface area contributed by atoms with Gasteiger partial charge < -0.3 is 9.80 Å². The number of carbonyl (C=O) groups excluding carboxylic acids is 1. The van der Waals surface area contributed by atoms with Crippen LogP contribution in [-0.4, -0.2) is 53.9 Å². The van der Waals surface area contributed by atoms with Crippen LogP contribution in [0.4, 0.5) is 4.39 Å². The average Bonchev–Trinajstić information content (AvgIpc) is 3.05. The highest BCUT2D eigenvalue weighted by atomic mass is 32.1. The molecule has 2 aromatic rings. The number of likely N-dealkylation sites (tertiary alicyclic amines) is 1. The van der Waals surface area contributed by atoms with Crippen LogP contribution >= 0.6 is 11.3 Å². The molecule has 1 aromatic carbocycles. The Morgan fingerprint density at radius 3 is 2.67 bits per heavy atom. The standard InChI is InChI=1S/C18H22FN3OS/c1-21-9-7-15(8-10-21)22(2)18(23)16-12-20-17(24-16)11-13-3-5-14(19)6-4-13/h3-6,12,15H,7-11H2,1-2H3. The lowest BCUT2D eigenvalue weighted by Gasteiger charge is -2.34. The summed E-state index contributed by atoms with van der Waals surface area (Å²) in [5, 5.41) is 0.877. The fourth-order valence-corrected chi connectivity index (χ4v) is 3.92. The Morgan fingerprint density at radius 1 is 1.33 bits per heavy atom. The number of thiazole rings is 1. The average molecular weight is 347 g/mol. The molecule has 0 unspecified atom stereocenters. The summed E-state index contributed by atoms with van der Waals surface area (Å²) >= 11 is 1.43. The van der Waals surface area contributed by atoms with Gasteiger partial charge in [-0.05, 0) is 50.7 Å². The van der Waals surface area contributed by atoms with E-state index in [4.69, 9.17) is 0 Å². The third-order valence-corrected chi connectivity index (χ3v) is 5.57. The van der Waals surface area contributed by atoms with Gasteiger partial charge in [-0.1, -0.05) is 12.1 Å².